The van der Waals surface area contributed by atoms with Crippen molar-refractivity contribution >= 4 is 11.8 Å². The van der Waals surface area contributed by atoms with E-state index in [1.54, 1.807) is 11.9 Å². The van der Waals surface area contributed by atoms with E-state index in [9.17, 15) is 9.59 Å². The summed E-state index contributed by atoms with van der Waals surface area (Å²) in [5.41, 5.74) is 2.50. The van der Waals surface area contributed by atoms with Crippen LogP contribution in [0, 0.1) is 19.8 Å². The fraction of sp³-hybridized carbons (Fsp3) is 0.600. The Kier molecular flexibility index (Phi) is 5.30. The molecule has 136 valence electrons. The van der Waals surface area contributed by atoms with Crippen molar-refractivity contribution in [3.63, 3.8) is 0 Å². The molecule has 0 spiro atoms. The molecule has 2 saturated heterocycles. The summed E-state index contributed by atoms with van der Waals surface area (Å²) < 4.78 is 6.10. The number of carbonyl (C=O) groups is 2. The minimum absolute atomic E-state index is 0.0811. The van der Waals surface area contributed by atoms with Gasteiger partial charge in [0.05, 0.1) is 0 Å². The Morgan fingerprint density at radius 2 is 1.80 bits per heavy atom. The molecule has 2 amide bonds. The molecule has 2 fully saturated rings. The number of likely N-dealkylation sites (tertiary alicyclic amines) is 2. The van der Waals surface area contributed by atoms with Crippen molar-refractivity contribution in [1.82, 2.24) is 9.80 Å². The lowest BCUT2D eigenvalue weighted by molar-refractivity contribution is -0.145. The van der Waals surface area contributed by atoms with Gasteiger partial charge in [0.2, 0.25) is 11.8 Å². The molecule has 1 aromatic rings. The summed E-state index contributed by atoms with van der Waals surface area (Å²) in [6.07, 6.45) is 2.98. The number of hydrogen-bond acceptors (Lipinski definition) is 3. The molecule has 3 rings (SSSR count). The lowest BCUT2D eigenvalue weighted by Gasteiger charge is -2.36. The Bertz CT molecular complexity index is 650. The van der Waals surface area contributed by atoms with Crippen molar-refractivity contribution in [3.8, 4) is 5.75 Å². The summed E-state index contributed by atoms with van der Waals surface area (Å²) in [5, 5.41) is 0. The molecule has 2 heterocycles. The van der Waals surface area contributed by atoms with E-state index in [-0.39, 0.29) is 23.8 Å². The monoisotopic (exact) mass is 344 g/mol. The van der Waals surface area contributed by atoms with Crippen LogP contribution in [0.5, 0.6) is 5.75 Å². The van der Waals surface area contributed by atoms with E-state index in [2.05, 4.69) is 26.0 Å². The van der Waals surface area contributed by atoms with Crippen LogP contribution in [0.4, 0.5) is 0 Å². The number of nitrogens with zero attached hydrogens (tertiary/aromatic N) is 2. The van der Waals surface area contributed by atoms with E-state index >= 15 is 0 Å². The molecule has 1 aromatic carbocycles. The summed E-state index contributed by atoms with van der Waals surface area (Å²) in [4.78, 5) is 28.1. The van der Waals surface area contributed by atoms with E-state index < -0.39 is 0 Å². The fourth-order valence-electron chi connectivity index (χ4n) is 3.59. The molecule has 0 N–H and O–H groups in total. The van der Waals surface area contributed by atoms with Gasteiger partial charge in [0.15, 0.2) is 0 Å². The van der Waals surface area contributed by atoms with E-state index in [0.717, 1.165) is 38.1 Å². The topological polar surface area (TPSA) is 49.9 Å². The van der Waals surface area contributed by atoms with Crippen LogP contribution >= 0.6 is 0 Å². The van der Waals surface area contributed by atoms with Gasteiger partial charge >= 0.3 is 0 Å². The third-order valence-corrected chi connectivity index (χ3v) is 5.54. The predicted octanol–water partition coefficient (Wildman–Crippen LogP) is 2.54. The maximum atomic E-state index is 12.7. The molecule has 0 saturated carbocycles. The summed E-state index contributed by atoms with van der Waals surface area (Å²) in [6, 6.07) is 6.18. The number of aryl methyl sites for hydroxylation is 2. The minimum Gasteiger partial charge on any atom is -0.490 e. The van der Waals surface area contributed by atoms with E-state index in [0.29, 0.717) is 13.0 Å². The van der Waals surface area contributed by atoms with Crippen molar-refractivity contribution in [1.29, 1.82) is 0 Å². The Labute approximate surface area is 149 Å². The van der Waals surface area contributed by atoms with Gasteiger partial charge in [-0.1, -0.05) is 6.07 Å². The summed E-state index contributed by atoms with van der Waals surface area (Å²) in [7, 11) is 1.80. The first-order valence-corrected chi connectivity index (χ1v) is 9.20. The second-order valence-electron chi connectivity index (χ2n) is 7.39. The van der Waals surface area contributed by atoms with Crippen LogP contribution in [0.15, 0.2) is 18.2 Å². The van der Waals surface area contributed by atoms with Crippen LogP contribution in [0.3, 0.4) is 0 Å². The number of carbonyl (C=O) groups excluding carboxylic acids is 2. The number of rotatable bonds is 3. The first-order valence-electron chi connectivity index (χ1n) is 9.20. The van der Waals surface area contributed by atoms with Crippen molar-refractivity contribution in [2.24, 2.45) is 5.92 Å². The van der Waals surface area contributed by atoms with Gasteiger partial charge < -0.3 is 14.5 Å². The summed E-state index contributed by atoms with van der Waals surface area (Å²) in [6.45, 7) is 6.30. The molecule has 0 aliphatic carbocycles. The molecule has 0 unspecified atom stereocenters. The molecule has 25 heavy (non-hydrogen) atoms. The Balaban J connectivity index is 1.50. The summed E-state index contributed by atoms with van der Waals surface area (Å²) >= 11 is 0. The fourth-order valence-corrected chi connectivity index (χ4v) is 3.59. The average molecular weight is 344 g/mol. The van der Waals surface area contributed by atoms with E-state index in [4.69, 9.17) is 4.74 Å². The Hall–Kier alpha value is -2.04. The molecule has 1 atom stereocenters. The standard InChI is InChI=1S/C20H28N2O3/c1-14-4-5-18(12-15(14)2)25-17-7-10-22(11-8-17)20(24)16-6-9-21(3)19(23)13-16/h4-5,12,16-17H,6-11,13H2,1-3H3/t16-/m0/s1. The van der Waals surface area contributed by atoms with Gasteiger partial charge in [-0.25, -0.2) is 0 Å². The minimum atomic E-state index is -0.138. The molecule has 0 aromatic heterocycles. The van der Waals surface area contributed by atoms with Crippen LogP contribution < -0.4 is 4.74 Å². The second-order valence-corrected chi connectivity index (χ2v) is 7.39. The Morgan fingerprint density at radius 1 is 1.08 bits per heavy atom. The molecule has 0 radical (unpaired) electrons. The number of amides is 2. The molecule has 0 bridgehead atoms. The number of hydrogen-bond donors (Lipinski definition) is 0. The van der Waals surface area contributed by atoms with Gasteiger partial charge in [0.25, 0.3) is 0 Å². The van der Waals surface area contributed by atoms with Crippen molar-refractivity contribution < 1.29 is 14.3 Å². The highest BCUT2D eigenvalue weighted by molar-refractivity contribution is 5.86. The van der Waals surface area contributed by atoms with Gasteiger partial charge in [-0.15, -0.1) is 0 Å². The van der Waals surface area contributed by atoms with Crippen LogP contribution in [-0.2, 0) is 9.59 Å². The van der Waals surface area contributed by atoms with Crippen LogP contribution in [0.1, 0.15) is 36.8 Å². The van der Waals surface area contributed by atoms with Gasteiger partial charge in [0, 0.05) is 51.9 Å². The summed E-state index contributed by atoms with van der Waals surface area (Å²) in [5.74, 6) is 0.998. The van der Waals surface area contributed by atoms with Crippen molar-refractivity contribution in [3.05, 3.63) is 29.3 Å². The van der Waals surface area contributed by atoms with Crippen molar-refractivity contribution in [2.75, 3.05) is 26.7 Å². The smallest absolute Gasteiger partial charge is 0.226 e. The number of piperidine rings is 2. The molecule has 2 aliphatic rings. The van der Waals surface area contributed by atoms with E-state index in [1.165, 1.54) is 11.1 Å². The van der Waals surface area contributed by atoms with Gasteiger partial charge in [-0.2, -0.15) is 0 Å². The zero-order valence-electron chi connectivity index (χ0n) is 15.5. The van der Waals surface area contributed by atoms with Gasteiger partial charge in [-0.05, 0) is 43.5 Å². The third-order valence-electron chi connectivity index (χ3n) is 5.54. The number of ether oxygens (including phenoxy) is 1. The van der Waals surface area contributed by atoms with Crippen LogP contribution in [0.25, 0.3) is 0 Å². The first-order chi connectivity index (χ1) is 11.9. The molecule has 5 heteroatoms. The average Bonchev–Trinajstić information content (AvgIpc) is 2.61. The lowest BCUT2D eigenvalue weighted by atomic mass is 9.94. The third kappa shape index (κ3) is 4.14. The van der Waals surface area contributed by atoms with E-state index in [1.807, 2.05) is 11.0 Å². The second kappa shape index (κ2) is 7.46. The van der Waals surface area contributed by atoms with Crippen LogP contribution in [0.2, 0.25) is 0 Å². The zero-order chi connectivity index (χ0) is 18.0. The van der Waals surface area contributed by atoms with Crippen LogP contribution in [-0.4, -0.2) is 54.4 Å². The highest BCUT2D eigenvalue weighted by atomic mass is 16.5. The van der Waals surface area contributed by atoms with Gasteiger partial charge in [-0.3, -0.25) is 9.59 Å². The van der Waals surface area contributed by atoms with Gasteiger partial charge in [0.1, 0.15) is 11.9 Å². The lowest BCUT2D eigenvalue weighted by Crippen LogP contribution is -2.47. The quantitative estimate of drug-likeness (QED) is 0.847. The maximum absolute atomic E-state index is 12.7. The first kappa shape index (κ1) is 17.8. The normalized spacial score (nSPS) is 22.2. The maximum Gasteiger partial charge on any atom is 0.226 e. The molecular weight excluding hydrogens is 316 g/mol. The highest BCUT2D eigenvalue weighted by Gasteiger charge is 2.33. The van der Waals surface area contributed by atoms with Crippen molar-refractivity contribution in [2.45, 2.75) is 45.6 Å². The Morgan fingerprint density at radius 3 is 2.44 bits per heavy atom. The predicted molar refractivity (Wildman–Crippen MR) is 96.5 cm³/mol. The zero-order valence-corrected chi connectivity index (χ0v) is 15.5. The molecule has 2 aliphatic heterocycles. The highest BCUT2D eigenvalue weighted by Crippen LogP contribution is 2.25. The molecular formula is C20H28N2O3. The number of benzene rings is 1. The SMILES string of the molecule is Cc1ccc(OC2CCN(C(=O)[C@H]3CCN(C)C(=O)C3)CC2)cc1C. The largest absolute Gasteiger partial charge is 0.490 e. The molecule has 5 nitrogen and oxygen atoms in total.